The number of carbonyl (C=O) groups excluding carboxylic acids is 1. The van der Waals surface area contributed by atoms with Crippen LogP contribution in [0.3, 0.4) is 0 Å². The predicted molar refractivity (Wildman–Crippen MR) is 117 cm³/mol. The third kappa shape index (κ3) is 7.25. The van der Waals surface area contributed by atoms with Gasteiger partial charge < -0.3 is 23.4 Å². The number of aryl methyl sites for hydroxylation is 1. The molecule has 15 nitrogen and oxygen atoms in total. The van der Waals surface area contributed by atoms with Gasteiger partial charge in [0.05, 0.1) is 0 Å². The average Bonchev–Trinajstić information content (AvgIpc) is 3.33. The van der Waals surface area contributed by atoms with Crippen LogP contribution in [0.25, 0.3) is 22.7 Å². The Morgan fingerprint density at radius 2 is 1.72 bits per heavy atom. The van der Waals surface area contributed by atoms with E-state index in [1.165, 1.54) is 13.0 Å². The third-order valence-electron chi connectivity index (χ3n) is 4.39. The average molecular weight is 555 g/mol. The van der Waals surface area contributed by atoms with Crippen molar-refractivity contribution in [3.63, 3.8) is 0 Å². The summed E-state index contributed by atoms with van der Waals surface area (Å²) in [5, 5.41) is 10.2. The Morgan fingerprint density at radius 3 is 2.22 bits per heavy atom. The molecule has 0 radical (unpaired) electrons. The van der Waals surface area contributed by atoms with Crippen LogP contribution in [0.5, 0.6) is 11.5 Å². The van der Waals surface area contributed by atoms with E-state index in [1.807, 2.05) is 0 Å². The van der Waals surface area contributed by atoms with Gasteiger partial charge in [-0.1, -0.05) is 24.2 Å². The van der Waals surface area contributed by atoms with Crippen molar-refractivity contribution >= 4 is 21.6 Å². The molecule has 0 atom stereocenters. The number of hydrogen-bond donors (Lipinski definition) is 5. The first-order valence-electron chi connectivity index (χ1n) is 9.97. The van der Waals surface area contributed by atoms with Crippen LogP contribution in [0.2, 0.25) is 0 Å². The standard InChI is InChI=1S/C18H22N4O11P2.Na/c1-5-19-18(23)14-13(17-20-9(4)30-22-17)15(31-21-14)10-6-11(8(2)3)16(33-35(27,28)29)12(7-10)32-34(24,25)26;/h6-8H,5H2,1-4H3,(H,19,23)(H2,24,25,26)(H2,27,28,29);/q;+1. The smallest absolute Gasteiger partial charge is 0.400 e. The Kier molecular flexibility index (Phi) is 9.68. The van der Waals surface area contributed by atoms with Crippen molar-refractivity contribution in [2.24, 2.45) is 0 Å². The maximum absolute atomic E-state index is 12.6. The number of phosphoric ester groups is 2. The topological polar surface area (TPSA) is 228 Å². The summed E-state index contributed by atoms with van der Waals surface area (Å²) in [6.07, 6.45) is 0. The fourth-order valence-corrected chi connectivity index (χ4v) is 3.92. The molecule has 0 unspecified atom stereocenters. The van der Waals surface area contributed by atoms with Gasteiger partial charge in [-0.15, -0.1) is 0 Å². The molecule has 0 spiro atoms. The van der Waals surface area contributed by atoms with E-state index in [2.05, 4.69) is 25.1 Å². The number of aromatic nitrogens is 3. The largest absolute Gasteiger partial charge is 1.00 e. The molecular weight excluding hydrogens is 533 g/mol. The molecule has 0 aliphatic heterocycles. The van der Waals surface area contributed by atoms with E-state index in [-0.39, 0.29) is 76.0 Å². The molecule has 0 fully saturated rings. The molecule has 5 N–H and O–H groups in total. The Morgan fingerprint density at radius 1 is 1.08 bits per heavy atom. The van der Waals surface area contributed by atoms with Crippen LogP contribution < -0.4 is 43.9 Å². The van der Waals surface area contributed by atoms with Crippen LogP contribution >= 0.6 is 15.6 Å². The summed E-state index contributed by atoms with van der Waals surface area (Å²) in [4.78, 5) is 54.1. The van der Waals surface area contributed by atoms with E-state index in [0.717, 1.165) is 6.07 Å². The van der Waals surface area contributed by atoms with Crippen LogP contribution in [-0.4, -0.2) is 47.3 Å². The van der Waals surface area contributed by atoms with Crippen LogP contribution in [0.1, 0.15) is 48.6 Å². The monoisotopic (exact) mass is 555 g/mol. The minimum Gasteiger partial charge on any atom is -0.400 e. The van der Waals surface area contributed by atoms with Crippen molar-refractivity contribution < 1.29 is 81.1 Å². The van der Waals surface area contributed by atoms with Gasteiger partial charge >= 0.3 is 45.2 Å². The molecule has 36 heavy (non-hydrogen) atoms. The second kappa shape index (κ2) is 11.5. The normalized spacial score (nSPS) is 11.8. The summed E-state index contributed by atoms with van der Waals surface area (Å²) in [5.74, 6) is -2.36. The minimum atomic E-state index is -5.21. The van der Waals surface area contributed by atoms with Gasteiger partial charge in [0.25, 0.3) is 5.91 Å². The summed E-state index contributed by atoms with van der Waals surface area (Å²) in [6, 6.07) is 2.38. The van der Waals surface area contributed by atoms with E-state index in [0.29, 0.717) is 0 Å². The number of carbonyl (C=O) groups is 1. The maximum Gasteiger partial charge on any atom is 1.00 e. The Labute approximate surface area is 226 Å². The molecule has 2 heterocycles. The number of amides is 1. The van der Waals surface area contributed by atoms with E-state index < -0.39 is 39.0 Å². The zero-order valence-electron chi connectivity index (χ0n) is 19.8. The zero-order chi connectivity index (χ0) is 26.1. The van der Waals surface area contributed by atoms with Crippen molar-refractivity contribution in [2.45, 2.75) is 33.6 Å². The second-order valence-electron chi connectivity index (χ2n) is 7.44. The molecule has 2 aromatic heterocycles. The first-order valence-corrected chi connectivity index (χ1v) is 13.0. The van der Waals surface area contributed by atoms with E-state index in [4.69, 9.17) is 13.6 Å². The SMILES string of the molecule is CCNC(=O)c1noc(-c2cc(OP(=O)(O)O)c(OP(=O)(O)O)c(C(C)C)c2)c1-c1noc(C)n1.[Na+]. The summed E-state index contributed by atoms with van der Waals surface area (Å²) in [6.45, 7) is 6.76. The molecule has 3 rings (SSSR count). The van der Waals surface area contributed by atoms with Gasteiger partial charge in [-0.2, -0.15) is 4.98 Å². The second-order valence-corrected chi connectivity index (χ2v) is 9.77. The third-order valence-corrected chi connectivity index (χ3v) is 5.25. The van der Waals surface area contributed by atoms with E-state index >= 15 is 0 Å². The fraction of sp³-hybridized carbons (Fsp3) is 0.333. The summed E-state index contributed by atoms with van der Waals surface area (Å²) in [5.41, 5.74) is -0.0220. The molecule has 0 saturated carbocycles. The molecular formula is C18H22N4NaO11P2+. The number of nitrogens with zero attached hydrogens (tertiary/aromatic N) is 3. The minimum absolute atomic E-state index is 0. The van der Waals surface area contributed by atoms with Crippen LogP contribution in [0.4, 0.5) is 0 Å². The van der Waals surface area contributed by atoms with Crippen molar-refractivity contribution in [2.75, 3.05) is 6.54 Å². The first-order chi connectivity index (χ1) is 16.2. The van der Waals surface area contributed by atoms with Gasteiger partial charge in [-0.3, -0.25) is 24.4 Å². The maximum atomic E-state index is 12.6. The number of phosphoric acid groups is 2. The molecule has 0 bridgehead atoms. The van der Waals surface area contributed by atoms with Crippen molar-refractivity contribution in [3.8, 4) is 34.2 Å². The van der Waals surface area contributed by atoms with Crippen LogP contribution in [-0.2, 0) is 9.13 Å². The number of benzene rings is 1. The van der Waals surface area contributed by atoms with Crippen molar-refractivity contribution in [3.05, 3.63) is 29.3 Å². The molecule has 18 heteroatoms. The fourth-order valence-electron chi connectivity index (χ4n) is 3.09. The molecule has 0 aliphatic rings. The van der Waals surface area contributed by atoms with Crippen molar-refractivity contribution in [1.29, 1.82) is 0 Å². The Bertz CT molecular complexity index is 1340. The summed E-state index contributed by atoms with van der Waals surface area (Å²) in [7, 11) is -10.4. The number of hydrogen-bond acceptors (Lipinski definition) is 10. The summed E-state index contributed by atoms with van der Waals surface area (Å²) < 4.78 is 42.9. The molecule has 0 saturated heterocycles. The molecule has 1 aromatic carbocycles. The van der Waals surface area contributed by atoms with Gasteiger partial charge in [-0.25, -0.2) is 9.13 Å². The molecule has 0 aliphatic carbocycles. The number of nitrogens with one attached hydrogen (secondary N) is 1. The van der Waals surface area contributed by atoms with Gasteiger partial charge in [0, 0.05) is 24.6 Å². The van der Waals surface area contributed by atoms with Gasteiger partial charge in [-0.05, 0) is 25.0 Å². The quantitative estimate of drug-likeness (QED) is 0.166. The Balaban J connectivity index is 0.00000456. The van der Waals surface area contributed by atoms with E-state index in [9.17, 15) is 33.5 Å². The molecule has 3 aromatic rings. The van der Waals surface area contributed by atoms with Gasteiger partial charge in [0.15, 0.2) is 23.0 Å². The van der Waals surface area contributed by atoms with Gasteiger partial charge in [0.2, 0.25) is 11.7 Å². The Hall–Kier alpha value is -2.06. The van der Waals surface area contributed by atoms with Crippen LogP contribution in [0.15, 0.2) is 21.2 Å². The summed E-state index contributed by atoms with van der Waals surface area (Å²) >= 11 is 0. The van der Waals surface area contributed by atoms with Crippen molar-refractivity contribution in [1.82, 2.24) is 20.6 Å². The molecule has 190 valence electrons. The van der Waals surface area contributed by atoms with Gasteiger partial charge in [0.1, 0.15) is 5.56 Å². The zero-order valence-corrected chi connectivity index (χ0v) is 23.6. The predicted octanol–water partition coefficient (Wildman–Crippen LogP) is -0.480. The molecule has 1 amide bonds. The van der Waals surface area contributed by atoms with E-state index in [1.54, 1.807) is 20.8 Å². The van der Waals surface area contributed by atoms with Crippen LogP contribution in [0, 0.1) is 6.92 Å². The number of rotatable bonds is 9. The first kappa shape index (κ1) is 30.2.